The van der Waals surface area contributed by atoms with Crippen molar-refractivity contribution in [2.75, 3.05) is 0 Å². The van der Waals surface area contributed by atoms with Gasteiger partial charge in [-0.05, 0) is 12.3 Å². The molecule has 0 aromatic heterocycles. The summed E-state index contributed by atoms with van der Waals surface area (Å²) in [6, 6.07) is 0. The van der Waals surface area contributed by atoms with E-state index >= 15 is 0 Å². The Morgan fingerprint density at radius 1 is 1.00 bits per heavy atom. The van der Waals surface area contributed by atoms with Gasteiger partial charge >= 0.3 is 0 Å². The Morgan fingerprint density at radius 2 is 1.58 bits per heavy atom. The van der Waals surface area contributed by atoms with E-state index in [1.54, 1.807) is 0 Å². The molecule has 0 heteroatoms. The maximum Gasteiger partial charge on any atom is -0.0414 e. The van der Waals surface area contributed by atoms with Gasteiger partial charge in [0, 0.05) is 0 Å². The lowest BCUT2D eigenvalue weighted by Crippen LogP contribution is -2.03. The Morgan fingerprint density at radius 3 is 2.17 bits per heavy atom. The van der Waals surface area contributed by atoms with Gasteiger partial charge < -0.3 is 0 Å². The molecule has 0 aromatic rings. The van der Waals surface area contributed by atoms with Crippen LogP contribution in [0.15, 0.2) is 0 Å². The third-order valence-corrected chi connectivity index (χ3v) is 3.09. The highest BCUT2D eigenvalue weighted by Gasteiger charge is 2.09. The van der Waals surface area contributed by atoms with Gasteiger partial charge in [0.2, 0.25) is 0 Å². The first-order chi connectivity index (χ1) is 5.93. The van der Waals surface area contributed by atoms with E-state index in [1.807, 2.05) is 0 Å². The molecule has 0 aromatic carbocycles. The molecule has 1 radical (unpaired) electrons. The number of rotatable bonds is 3. The minimum atomic E-state index is 1.06. The molecule has 1 aliphatic rings. The lowest BCUT2D eigenvalue weighted by atomic mass is 9.88. The van der Waals surface area contributed by atoms with Gasteiger partial charge in [-0.2, -0.15) is 0 Å². The van der Waals surface area contributed by atoms with Gasteiger partial charge in [-0.1, -0.05) is 64.7 Å². The Hall–Kier alpha value is 0. The monoisotopic (exact) mass is 167 g/mol. The van der Waals surface area contributed by atoms with E-state index in [1.165, 1.54) is 57.8 Å². The van der Waals surface area contributed by atoms with Gasteiger partial charge in [0.1, 0.15) is 0 Å². The lowest BCUT2D eigenvalue weighted by molar-refractivity contribution is 0.358. The molecule has 1 fully saturated rings. The fourth-order valence-corrected chi connectivity index (χ4v) is 2.23. The van der Waals surface area contributed by atoms with Crippen molar-refractivity contribution in [3.8, 4) is 0 Å². The third-order valence-electron chi connectivity index (χ3n) is 3.09. The van der Waals surface area contributed by atoms with Crippen LogP contribution in [-0.4, -0.2) is 0 Å². The van der Waals surface area contributed by atoms with Gasteiger partial charge in [-0.3, -0.25) is 0 Å². The van der Waals surface area contributed by atoms with Gasteiger partial charge in [0.05, 0.1) is 0 Å². The zero-order valence-electron chi connectivity index (χ0n) is 8.52. The summed E-state index contributed by atoms with van der Waals surface area (Å²) in [5.74, 6) is 1.06. The molecule has 0 atom stereocenters. The summed E-state index contributed by atoms with van der Waals surface area (Å²) < 4.78 is 0. The third kappa shape index (κ3) is 4.13. The first kappa shape index (κ1) is 10.1. The second kappa shape index (κ2) is 6.51. The average Bonchev–Trinajstić information content (AvgIpc) is 2.02. The van der Waals surface area contributed by atoms with Crippen LogP contribution in [0.5, 0.6) is 0 Å². The minimum absolute atomic E-state index is 1.06. The molecule has 0 amide bonds. The standard InChI is InChI=1S/C12H23/c1-2-3-9-12-10-7-5-4-6-8-11-12/h2,12H,3-11H2,1H3. The van der Waals surface area contributed by atoms with Gasteiger partial charge in [-0.25, -0.2) is 0 Å². The van der Waals surface area contributed by atoms with E-state index in [0.29, 0.717) is 0 Å². The molecule has 0 aliphatic heterocycles. The van der Waals surface area contributed by atoms with Crippen LogP contribution >= 0.6 is 0 Å². The molecule has 0 saturated heterocycles. The molecular weight excluding hydrogens is 144 g/mol. The van der Waals surface area contributed by atoms with Crippen LogP contribution in [0.4, 0.5) is 0 Å². The highest BCUT2D eigenvalue weighted by Crippen LogP contribution is 2.25. The average molecular weight is 167 g/mol. The fraction of sp³-hybridized carbons (Fsp3) is 0.917. The van der Waals surface area contributed by atoms with Crippen molar-refractivity contribution >= 4 is 0 Å². The second-order valence-corrected chi connectivity index (χ2v) is 4.20. The smallest absolute Gasteiger partial charge is 0.0414 e. The van der Waals surface area contributed by atoms with E-state index in [2.05, 4.69) is 13.3 Å². The van der Waals surface area contributed by atoms with Crippen molar-refractivity contribution in [3.63, 3.8) is 0 Å². The Labute approximate surface area is 77.7 Å². The van der Waals surface area contributed by atoms with Crippen molar-refractivity contribution < 1.29 is 0 Å². The summed E-state index contributed by atoms with van der Waals surface area (Å²) >= 11 is 0. The maximum atomic E-state index is 2.32. The topological polar surface area (TPSA) is 0 Å². The van der Waals surface area contributed by atoms with Crippen LogP contribution in [0, 0.1) is 12.3 Å². The summed E-state index contributed by atoms with van der Waals surface area (Å²) in [5.41, 5.74) is 0. The Kier molecular flexibility index (Phi) is 5.47. The summed E-state index contributed by atoms with van der Waals surface area (Å²) in [4.78, 5) is 0. The largest absolute Gasteiger partial charge is 0.0623 e. The van der Waals surface area contributed by atoms with E-state index < -0.39 is 0 Å². The van der Waals surface area contributed by atoms with Crippen LogP contribution < -0.4 is 0 Å². The van der Waals surface area contributed by atoms with Crippen molar-refractivity contribution in [1.29, 1.82) is 0 Å². The normalized spacial score (nSPS) is 21.8. The zero-order valence-corrected chi connectivity index (χ0v) is 8.52. The predicted octanol–water partition coefficient (Wildman–Crippen LogP) is 4.35. The van der Waals surface area contributed by atoms with Crippen molar-refractivity contribution in [2.45, 2.75) is 64.7 Å². The van der Waals surface area contributed by atoms with E-state index in [0.717, 1.165) is 5.92 Å². The quantitative estimate of drug-likeness (QED) is 0.586. The summed E-state index contributed by atoms with van der Waals surface area (Å²) in [6.07, 6.45) is 15.6. The van der Waals surface area contributed by atoms with Crippen molar-refractivity contribution in [1.82, 2.24) is 0 Å². The molecule has 71 valence electrons. The summed E-state index contributed by atoms with van der Waals surface area (Å²) in [7, 11) is 0. The first-order valence-corrected chi connectivity index (χ1v) is 5.71. The first-order valence-electron chi connectivity index (χ1n) is 5.71. The van der Waals surface area contributed by atoms with Crippen LogP contribution in [0.1, 0.15) is 64.7 Å². The minimum Gasteiger partial charge on any atom is -0.0623 e. The van der Waals surface area contributed by atoms with Gasteiger partial charge in [0.15, 0.2) is 0 Å². The molecular formula is C12H23. The van der Waals surface area contributed by atoms with Gasteiger partial charge in [0.25, 0.3) is 0 Å². The van der Waals surface area contributed by atoms with Crippen LogP contribution in [0.3, 0.4) is 0 Å². The van der Waals surface area contributed by atoms with Crippen molar-refractivity contribution in [3.05, 3.63) is 6.42 Å². The molecule has 0 N–H and O–H groups in total. The number of hydrogen-bond donors (Lipinski definition) is 0. The Balaban J connectivity index is 2.11. The number of unbranched alkanes of at least 4 members (excludes halogenated alkanes) is 1. The molecule has 0 bridgehead atoms. The Bertz CT molecular complexity index is 85.5. The van der Waals surface area contributed by atoms with Gasteiger partial charge in [-0.15, -0.1) is 0 Å². The number of hydrogen-bond acceptors (Lipinski definition) is 0. The zero-order chi connectivity index (χ0) is 8.65. The molecule has 12 heavy (non-hydrogen) atoms. The SMILES string of the molecule is C[CH]CCC1CCCCCCC1. The highest BCUT2D eigenvalue weighted by molar-refractivity contribution is 4.67. The van der Waals surface area contributed by atoms with E-state index in [4.69, 9.17) is 0 Å². The molecule has 1 saturated carbocycles. The molecule has 1 rings (SSSR count). The van der Waals surface area contributed by atoms with E-state index in [9.17, 15) is 0 Å². The predicted molar refractivity (Wildman–Crippen MR) is 55.0 cm³/mol. The van der Waals surface area contributed by atoms with Crippen LogP contribution in [0.25, 0.3) is 0 Å². The van der Waals surface area contributed by atoms with Crippen LogP contribution in [0.2, 0.25) is 0 Å². The molecule has 0 spiro atoms. The summed E-state index contributed by atoms with van der Waals surface area (Å²) in [5, 5.41) is 0. The molecule has 1 aliphatic carbocycles. The summed E-state index contributed by atoms with van der Waals surface area (Å²) in [6.45, 7) is 2.18. The second-order valence-electron chi connectivity index (χ2n) is 4.20. The fourth-order valence-electron chi connectivity index (χ4n) is 2.23. The molecule has 0 heterocycles. The molecule has 0 nitrogen and oxygen atoms in total. The lowest BCUT2D eigenvalue weighted by Gasteiger charge is -2.18. The highest BCUT2D eigenvalue weighted by atomic mass is 14.2. The van der Waals surface area contributed by atoms with Crippen LogP contribution in [-0.2, 0) is 0 Å². The van der Waals surface area contributed by atoms with E-state index in [-0.39, 0.29) is 0 Å². The maximum absolute atomic E-state index is 2.32. The molecule has 0 unspecified atom stereocenters. The van der Waals surface area contributed by atoms with Crippen molar-refractivity contribution in [2.24, 2.45) is 5.92 Å².